The van der Waals surface area contributed by atoms with Crippen molar-refractivity contribution in [1.29, 1.82) is 5.26 Å². The van der Waals surface area contributed by atoms with Crippen molar-refractivity contribution in [2.45, 2.75) is 18.9 Å². The van der Waals surface area contributed by atoms with Gasteiger partial charge in [-0.25, -0.2) is 0 Å². The normalized spacial score (nSPS) is 21.9. The van der Waals surface area contributed by atoms with Gasteiger partial charge in [-0.3, -0.25) is 4.90 Å². The number of terminal acetylenes is 1. The fourth-order valence-electron chi connectivity index (χ4n) is 1.76. The third-order valence-corrected chi connectivity index (χ3v) is 2.67. The molecule has 1 unspecified atom stereocenters. The van der Waals surface area contributed by atoms with Gasteiger partial charge in [-0.15, -0.1) is 6.42 Å². The minimum atomic E-state index is 0.00602. The second-order valence-electron chi connectivity index (χ2n) is 3.74. The molecule has 0 N–H and O–H groups in total. The lowest BCUT2D eigenvalue weighted by Gasteiger charge is -2.24. The summed E-state index contributed by atoms with van der Waals surface area (Å²) in [7, 11) is 2.12. The Balaban J connectivity index is 2.50. The molecule has 1 aliphatic rings. The number of likely N-dealkylation sites (N-methyl/N-ethyl adjacent to an activating group) is 1. The topological polar surface area (TPSA) is 30.3 Å². The smallest absolute Gasteiger partial charge is 0.0843 e. The highest BCUT2D eigenvalue weighted by molar-refractivity contribution is 5.04. The lowest BCUT2D eigenvalue weighted by molar-refractivity contribution is 0.243. The van der Waals surface area contributed by atoms with Gasteiger partial charge < -0.3 is 4.90 Å². The van der Waals surface area contributed by atoms with Crippen molar-refractivity contribution in [2.75, 3.05) is 33.2 Å². The Morgan fingerprint density at radius 3 is 2.79 bits per heavy atom. The van der Waals surface area contributed by atoms with Crippen LogP contribution < -0.4 is 0 Å². The predicted molar refractivity (Wildman–Crippen MR) is 56.5 cm³/mol. The maximum Gasteiger partial charge on any atom is 0.0843 e. The minimum absolute atomic E-state index is 0.00602. The number of rotatable bonds is 2. The highest BCUT2D eigenvalue weighted by atomic mass is 15.2. The van der Waals surface area contributed by atoms with E-state index in [4.69, 9.17) is 11.7 Å². The Bertz CT molecular complexity index is 248. The molecule has 0 aromatic carbocycles. The van der Waals surface area contributed by atoms with Gasteiger partial charge >= 0.3 is 0 Å². The summed E-state index contributed by atoms with van der Waals surface area (Å²) < 4.78 is 0. The van der Waals surface area contributed by atoms with E-state index in [1.54, 1.807) is 0 Å². The van der Waals surface area contributed by atoms with Crippen LogP contribution in [0.2, 0.25) is 0 Å². The van der Waals surface area contributed by atoms with E-state index in [0.29, 0.717) is 6.42 Å². The molecule has 0 amide bonds. The summed E-state index contributed by atoms with van der Waals surface area (Å²) in [5.41, 5.74) is 0. The van der Waals surface area contributed by atoms with Crippen molar-refractivity contribution < 1.29 is 0 Å². The summed E-state index contributed by atoms with van der Waals surface area (Å²) in [6.45, 7) is 4.16. The Labute approximate surface area is 86.3 Å². The van der Waals surface area contributed by atoms with Crippen molar-refractivity contribution >= 4 is 0 Å². The summed E-state index contributed by atoms with van der Waals surface area (Å²) in [6.07, 6.45) is 7.00. The van der Waals surface area contributed by atoms with Gasteiger partial charge in [-0.2, -0.15) is 5.26 Å². The molecule has 1 atom stereocenters. The molecule has 1 fully saturated rings. The van der Waals surface area contributed by atoms with E-state index < -0.39 is 0 Å². The van der Waals surface area contributed by atoms with Gasteiger partial charge in [0.15, 0.2) is 0 Å². The first-order chi connectivity index (χ1) is 6.77. The van der Waals surface area contributed by atoms with Crippen LogP contribution in [0.25, 0.3) is 0 Å². The molecule has 3 heteroatoms. The van der Waals surface area contributed by atoms with Crippen LogP contribution in [0.4, 0.5) is 0 Å². The Kier molecular flexibility index (Phi) is 4.46. The summed E-state index contributed by atoms with van der Waals surface area (Å²) in [6, 6.07) is 2.16. The van der Waals surface area contributed by atoms with Gasteiger partial charge in [0.2, 0.25) is 0 Å². The molecule has 0 bridgehead atoms. The van der Waals surface area contributed by atoms with Crippen LogP contribution in [0.3, 0.4) is 0 Å². The molecule has 1 heterocycles. The van der Waals surface area contributed by atoms with Gasteiger partial charge in [0, 0.05) is 19.6 Å². The third kappa shape index (κ3) is 3.03. The molecule has 0 radical (unpaired) electrons. The fraction of sp³-hybridized carbons (Fsp3) is 0.727. The maximum atomic E-state index is 8.64. The molecule has 1 aliphatic heterocycles. The van der Waals surface area contributed by atoms with Crippen LogP contribution in [0, 0.1) is 23.7 Å². The summed E-state index contributed by atoms with van der Waals surface area (Å²) in [5.74, 6) is 2.70. The molecule has 3 nitrogen and oxygen atoms in total. The molecule has 1 rings (SSSR count). The van der Waals surface area contributed by atoms with Crippen LogP contribution in [0.1, 0.15) is 12.8 Å². The van der Waals surface area contributed by atoms with Crippen LogP contribution >= 0.6 is 0 Å². The lowest BCUT2D eigenvalue weighted by atomic mass is 10.2. The summed E-state index contributed by atoms with van der Waals surface area (Å²) in [5, 5.41) is 8.64. The van der Waals surface area contributed by atoms with Crippen LogP contribution in [0.5, 0.6) is 0 Å². The zero-order valence-corrected chi connectivity index (χ0v) is 8.74. The first-order valence-electron chi connectivity index (χ1n) is 5.03. The monoisotopic (exact) mass is 191 g/mol. The van der Waals surface area contributed by atoms with Gasteiger partial charge in [0.05, 0.1) is 18.5 Å². The van der Waals surface area contributed by atoms with Crippen molar-refractivity contribution in [2.24, 2.45) is 0 Å². The zero-order valence-electron chi connectivity index (χ0n) is 8.74. The molecule has 1 saturated heterocycles. The number of hydrogen-bond acceptors (Lipinski definition) is 3. The van der Waals surface area contributed by atoms with Crippen LogP contribution in [-0.2, 0) is 0 Å². The first-order valence-corrected chi connectivity index (χ1v) is 5.03. The van der Waals surface area contributed by atoms with Crippen molar-refractivity contribution in [3.63, 3.8) is 0 Å². The van der Waals surface area contributed by atoms with E-state index in [0.717, 1.165) is 32.6 Å². The fourth-order valence-corrected chi connectivity index (χ4v) is 1.76. The average molecular weight is 191 g/mol. The van der Waals surface area contributed by atoms with E-state index in [1.165, 1.54) is 0 Å². The van der Waals surface area contributed by atoms with E-state index >= 15 is 0 Å². The largest absolute Gasteiger partial charge is 0.305 e. The van der Waals surface area contributed by atoms with Crippen molar-refractivity contribution in [3.8, 4) is 18.4 Å². The van der Waals surface area contributed by atoms with Crippen molar-refractivity contribution in [3.05, 3.63) is 0 Å². The quantitative estimate of drug-likeness (QED) is 0.597. The van der Waals surface area contributed by atoms with Crippen LogP contribution in [-0.4, -0.2) is 49.1 Å². The summed E-state index contributed by atoms with van der Waals surface area (Å²) in [4.78, 5) is 4.55. The number of hydrogen-bond donors (Lipinski definition) is 0. The SMILES string of the molecule is C#CC(CC#N)N1CCCN(C)CC1. The Morgan fingerprint density at radius 1 is 1.36 bits per heavy atom. The molecule has 0 saturated carbocycles. The van der Waals surface area contributed by atoms with E-state index in [1.807, 2.05) is 0 Å². The molecular formula is C11H17N3. The van der Waals surface area contributed by atoms with E-state index in [9.17, 15) is 0 Å². The van der Waals surface area contributed by atoms with Crippen LogP contribution in [0.15, 0.2) is 0 Å². The van der Waals surface area contributed by atoms with Crippen molar-refractivity contribution in [1.82, 2.24) is 9.80 Å². The maximum absolute atomic E-state index is 8.64. The predicted octanol–water partition coefficient (Wildman–Crippen LogP) is 0.539. The molecule has 0 aromatic heterocycles. The standard InChI is InChI=1S/C11H17N3/c1-3-11(5-6-12)14-8-4-7-13(2)9-10-14/h1,11H,4-5,7-10H2,2H3. The first kappa shape index (κ1) is 11.0. The highest BCUT2D eigenvalue weighted by Crippen LogP contribution is 2.07. The minimum Gasteiger partial charge on any atom is -0.305 e. The average Bonchev–Trinajstić information content (AvgIpc) is 2.40. The second-order valence-corrected chi connectivity index (χ2v) is 3.74. The molecule has 0 aromatic rings. The third-order valence-electron chi connectivity index (χ3n) is 2.67. The second kappa shape index (κ2) is 5.65. The highest BCUT2D eigenvalue weighted by Gasteiger charge is 2.18. The summed E-state index contributed by atoms with van der Waals surface area (Å²) >= 11 is 0. The van der Waals surface area contributed by atoms with Gasteiger partial charge in [-0.1, -0.05) is 5.92 Å². The Morgan fingerprint density at radius 2 is 2.14 bits per heavy atom. The van der Waals surface area contributed by atoms with E-state index in [-0.39, 0.29) is 6.04 Å². The van der Waals surface area contributed by atoms with E-state index in [2.05, 4.69) is 28.8 Å². The molecule has 0 spiro atoms. The van der Waals surface area contributed by atoms with Gasteiger partial charge in [-0.05, 0) is 20.0 Å². The lowest BCUT2D eigenvalue weighted by Crippen LogP contribution is -2.36. The number of nitriles is 1. The van der Waals surface area contributed by atoms with Gasteiger partial charge in [0.1, 0.15) is 0 Å². The Hall–Kier alpha value is -1.03. The van der Waals surface area contributed by atoms with Gasteiger partial charge in [0.25, 0.3) is 0 Å². The number of nitrogens with zero attached hydrogens (tertiary/aromatic N) is 3. The molecule has 0 aliphatic carbocycles. The molecule has 76 valence electrons. The molecular weight excluding hydrogens is 174 g/mol. The zero-order chi connectivity index (χ0) is 10.4. The molecule has 14 heavy (non-hydrogen) atoms.